The van der Waals surface area contributed by atoms with Crippen molar-refractivity contribution in [2.24, 2.45) is 0 Å². The predicted molar refractivity (Wildman–Crippen MR) is 335 cm³/mol. The van der Waals surface area contributed by atoms with Crippen molar-refractivity contribution in [2.75, 3.05) is 0 Å². The summed E-state index contributed by atoms with van der Waals surface area (Å²) in [6.07, 6.45) is 0. The Hall–Kier alpha value is -11.0. The highest BCUT2D eigenvalue weighted by Crippen LogP contribution is 2.41. The molecule has 8 nitrogen and oxygen atoms in total. The van der Waals surface area contributed by atoms with Gasteiger partial charge in [0.15, 0.2) is 34.9 Å². The fourth-order valence-corrected chi connectivity index (χ4v) is 11.6. The number of benzene rings is 11. The Morgan fingerprint density at radius 3 is 1.11 bits per heavy atom. The van der Waals surface area contributed by atoms with Crippen LogP contribution in [0.15, 0.2) is 267 Å². The average molecular weight is 1050 g/mol. The lowest BCUT2D eigenvalue weighted by Crippen LogP contribution is -2.04. The first-order chi connectivity index (χ1) is 40.4. The van der Waals surface area contributed by atoms with Crippen LogP contribution in [-0.4, -0.2) is 39.0 Å². The van der Waals surface area contributed by atoms with Gasteiger partial charge in [0.1, 0.15) is 0 Å². The second-order valence-corrected chi connectivity index (χ2v) is 20.9. The van der Waals surface area contributed by atoms with Crippen LogP contribution in [-0.2, 0) is 0 Å². The topological polar surface area (TPSA) is 87.2 Å². The molecule has 0 N–H and O–H groups in total. The smallest absolute Gasteiger partial charge is 0.166 e. The van der Waals surface area contributed by atoms with Crippen LogP contribution in [0.1, 0.15) is 11.1 Å². The van der Waals surface area contributed by atoms with Crippen molar-refractivity contribution in [3.8, 4) is 102 Å². The second kappa shape index (κ2) is 20.0. The van der Waals surface area contributed by atoms with E-state index < -0.39 is 0 Å². The number of aryl methyl sites for hydroxylation is 2. The number of rotatable bonds is 10. The zero-order valence-electron chi connectivity index (χ0n) is 45.0. The average Bonchev–Trinajstić information content (AvgIpc) is 4.24. The van der Waals surface area contributed by atoms with Crippen LogP contribution in [0.5, 0.6) is 0 Å². The van der Waals surface area contributed by atoms with Crippen molar-refractivity contribution in [3.05, 3.63) is 278 Å². The monoisotopic (exact) mass is 1050 g/mol. The van der Waals surface area contributed by atoms with Crippen LogP contribution in [0.3, 0.4) is 0 Å². The molecular formula is C74H50N8. The maximum Gasteiger partial charge on any atom is 0.166 e. The summed E-state index contributed by atoms with van der Waals surface area (Å²) >= 11 is 0. The summed E-state index contributed by atoms with van der Waals surface area (Å²) in [4.78, 5) is 31.4. The van der Waals surface area contributed by atoms with E-state index in [1.807, 2.05) is 97.1 Å². The predicted octanol–water partition coefficient (Wildman–Crippen LogP) is 18.2. The molecule has 82 heavy (non-hydrogen) atoms. The summed E-state index contributed by atoms with van der Waals surface area (Å²) in [5.74, 6) is 3.54. The molecular weight excluding hydrogens is 1000 g/mol. The normalized spacial score (nSPS) is 11.5. The van der Waals surface area contributed by atoms with Crippen molar-refractivity contribution >= 4 is 43.6 Å². The minimum Gasteiger partial charge on any atom is -0.309 e. The third-order valence-corrected chi connectivity index (χ3v) is 15.5. The van der Waals surface area contributed by atoms with Crippen molar-refractivity contribution in [3.63, 3.8) is 0 Å². The summed E-state index contributed by atoms with van der Waals surface area (Å²) in [7, 11) is 0. The Balaban J connectivity index is 0.955. The molecule has 0 amide bonds. The van der Waals surface area contributed by atoms with Crippen LogP contribution in [0.2, 0.25) is 0 Å². The van der Waals surface area contributed by atoms with Crippen LogP contribution in [0, 0.1) is 13.8 Å². The van der Waals surface area contributed by atoms with Crippen molar-refractivity contribution in [1.29, 1.82) is 0 Å². The number of hydrogen-bond donors (Lipinski definition) is 0. The van der Waals surface area contributed by atoms with Crippen molar-refractivity contribution < 1.29 is 0 Å². The van der Waals surface area contributed by atoms with Crippen LogP contribution >= 0.6 is 0 Å². The van der Waals surface area contributed by atoms with Gasteiger partial charge in [0.25, 0.3) is 0 Å². The molecule has 0 aliphatic carbocycles. The quantitative estimate of drug-likeness (QED) is 0.136. The molecule has 0 bridgehead atoms. The van der Waals surface area contributed by atoms with Gasteiger partial charge in [-0.15, -0.1) is 0 Å². The third-order valence-electron chi connectivity index (χ3n) is 15.5. The Labute approximate surface area is 474 Å². The molecule has 0 aliphatic rings. The van der Waals surface area contributed by atoms with Gasteiger partial charge in [0.2, 0.25) is 0 Å². The molecule has 0 saturated carbocycles. The molecule has 0 atom stereocenters. The fourth-order valence-electron chi connectivity index (χ4n) is 11.6. The van der Waals surface area contributed by atoms with Gasteiger partial charge in [-0.1, -0.05) is 205 Å². The molecule has 386 valence electrons. The van der Waals surface area contributed by atoms with Gasteiger partial charge in [-0.05, 0) is 109 Å². The summed E-state index contributed by atoms with van der Waals surface area (Å²) in [6.45, 7) is 4.31. The molecule has 0 spiro atoms. The lowest BCUT2D eigenvalue weighted by Gasteiger charge is -2.17. The molecule has 4 aromatic heterocycles. The SMILES string of the molecule is Cc1ccc2c(c1)c1ccccc1n2-c1cc(-c2cccc(-c3ccc(-n4c5ccccc5c5cc(C)ccc54)c(-c4nc(-c5ccccc5)nc(-c5ccccc5)n4)c3)c2)cc(-c2nc(-c3ccccc3)nc(-c3ccccc3)n2)c1. The first-order valence-corrected chi connectivity index (χ1v) is 27.6. The van der Waals surface area contributed by atoms with E-state index in [1.54, 1.807) is 0 Å². The molecule has 4 heterocycles. The van der Waals surface area contributed by atoms with Crippen molar-refractivity contribution in [2.45, 2.75) is 13.8 Å². The van der Waals surface area contributed by atoms with E-state index in [0.29, 0.717) is 34.9 Å². The molecule has 15 aromatic rings. The van der Waals surface area contributed by atoms with Gasteiger partial charge in [-0.3, -0.25) is 0 Å². The highest BCUT2D eigenvalue weighted by molar-refractivity contribution is 6.11. The summed E-state index contributed by atoms with van der Waals surface area (Å²) in [5.41, 5.74) is 18.2. The Bertz CT molecular complexity index is 4820. The summed E-state index contributed by atoms with van der Waals surface area (Å²) in [5, 5.41) is 4.75. The van der Waals surface area contributed by atoms with E-state index >= 15 is 0 Å². The van der Waals surface area contributed by atoms with Crippen LogP contribution < -0.4 is 0 Å². The fraction of sp³-hybridized carbons (Fsp3) is 0.0270. The minimum absolute atomic E-state index is 0.569. The lowest BCUT2D eigenvalue weighted by atomic mass is 9.95. The number of nitrogens with zero attached hydrogens (tertiary/aromatic N) is 8. The lowest BCUT2D eigenvalue weighted by molar-refractivity contribution is 1.06. The van der Waals surface area contributed by atoms with Gasteiger partial charge in [-0.2, -0.15) is 0 Å². The van der Waals surface area contributed by atoms with E-state index in [2.05, 4.69) is 193 Å². The number of para-hydroxylation sites is 2. The van der Waals surface area contributed by atoms with E-state index in [-0.39, 0.29) is 0 Å². The Kier molecular flexibility index (Phi) is 11.8. The highest BCUT2D eigenvalue weighted by Gasteiger charge is 2.22. The second-order valence-electron chi connectivity index (χ2n) is 20.9. The molecule has 8 heteroatoms. The number of aromatic nitrogens is 8. The van der Waals surface area contributed by atoms with Gasteiger partial charge < -0.3 is 9.13 Å². The molecule has 0 fully saturated rings. The minimum atomic E-state index is 0.569. The van der Waals surface area contributed by atoms with Gasteiger partial charge in [0.05, 0.1) is 27.8 Å². The first-order valence-electron chi connectivity index (χ1n) is 27.6. The standard InChI is InChI=1S/C74H50N8/c1-47-34-37-66-61(40-47)59-30-15-17-32-64(59)81(66)58-44-56(43-57(45-58)73-77-69(49-20-7-3-8-21-49)75-70(78-73)50-22-9-4-10-23-50)54-29-19-28-53(42-54)55-36-39-68(82-65-33-18-16-31-60(65)62-41-48(2)35-38-67(62)82)63(46-55)74-79-71(51-24-11-5-12-25-51)76-72(80-74)52-26-13-6-14-27-52/h3-46H,1-2H3. The molecule has 15 rings (SSSR count). The zero-order valence-corrected chi connectivity index (χ0v) is 45.0. The van der Waals surface area contributed by atoms with Gasteiger partial charge >= 0.3 is 0 Å². The molecule has 0 radical (unpaired) electrons. The van der Waals surface area contributed by atoms with Crippen LogP contribution in [0.4, 0.5) is 0 Å². The molecule has 0 saturated heterocycles. The largest absolute Gasteiger partial charge is 0.309 e. The van der Waals surface area contributed by atoms with E-state index in [9.17, 15) is 0 Å². The molecule has 0 aliphatic heterocycles. The Morgan fingerprint density at radius 1 is 0.232 bits per heavy atom. The number of fused-ring (bicyclic) bond motifs is 6. The number of hydrogen-bond acceptors (Lipinski definition) is 6. The van der Waals surface area contributed by atoms with Crippen molar-refractivity contribution in [1.82, 2.24) is 39.0 Å². The third kappa shape index (κ3) is 8.67. The molecule has 11 aromatic carbocycles. The summed E-state index contributed by atoms with van der Waals surface area (Å²) in [6, 6.07) is 93.7. The molecule has 0 unspecified atom stereocenters. The van der Waals surface area contributed by atoms with Crippen LogP contribution in [0.25, 0.3) is 146 Å². The first kappa shape index (κ1) is 48.2. The highest BCUT2D eigenvalue weighted by atomic mass is 15.1. The summed E-state index contributed by atoms with van der Waals surface area (Å²) < 4.78 is 4.74. The van der Waals surface area contributed by atoms with Gasteiger partial charge in [-0.25, -0.2) is 29.9 Å². The maximum absolute atomic E-state index is 5.36. The van der Waals surface area contributed by atoms with E-state index in [4.69, 9.17) is 29.9 Å². The Morgan fingerprint density at radius 2 is 0.598 bits per heavy atom. The van der Waals surface area contributed by atoms with E-state index in [1.165, 1.54) is 32.7 Å². The van der Waals surface area contributed by atoms with E-state index in [0.717, 1.165) is 89.1 Å². The van der Waals surface area contributed by atoms with Gasteiger partial charge in [0, 0.05) is 60.6 Å². The zero-order chi connectivity index (χ0) is 54.7. The maximum atomic E-state index is 5.36.